The maximum atomic E-state index is 12.2. The number of nitrogens with one attached hydrogen (secondary N) is 1. The molecular weight excluding hydrogens is 528 g/mol. The highest BCUT2D eigenvalue weighted by molar-refractivity contribution is 5.95. The Balaban J connectivity index is 0.000000294. The minimum atomic E-state index is -2.22. The van der Waals surface area contributed by atoms with E-state index in [1.807, 2.05) is 6.07 Å². The molecule has 1 aliphatic rings. The number of nitrogens with zero attached hydrogens (tertiary/aromatic N) is 1. The van der Waals surface area contributed by atoms with E-state index in [9.17, 15) is 29.4 Å². The summed E-state index contributed by atoms with van der Waals surface area (Å²) in [6, 6.07) is 22.4. The number of aliphatic carboxylic acids is 2. The third kappa shape index (κ3) is 9.77. The lowest BCUT2D eigenvalue weighted by Gasteiger charge is -2.27. The Labute approximate surface area is 238 Å². The van der Waals surface area contributed by atoms with Gasteiger partial charge in [-0.05, 0) is 63.1 Å². The molecule has 0 bridgehead atoms. The number of hydrogen-bond donors (Lipinski definition) is 3. The average molecular weight is 563 g/mol. The first-order chi connectivity index (χ1) is 19.6. The molecular formula is C31H34N2O8. The maximum Gasteiger partial charge on any atom is 0.349 e. The first kappa shape index (κ1) is 30.8. The first-order valence-corrected chi connectivity index (χ1v) is 13.2. The number of anilines is 1. The second kappa shape index (κ2) is 15.2. The van der Waals surface area contributed by atoms with Gasteiger partial charge in [-0.15, -0.1) is 0 Å². The zero-order valence-electron chi connectivity index (χ0n) is 23.0. The highest BCUT2D eigenvalue weighted by atomic mass is 16.6. The number of aryl methyl sites for hydroxylation is 2. The molecule has 0 aromatic heterocycles. The van der Waals surface area contributed by atoms with Crippen LogP contribution >= 0.6 is 0 Å². The van der Waals surface area contributed by atoms with E-state index in [1.165, 1.54) is 62.3 Å². The van der Waals surface area contributed by atoms with Gasteiger partial charge in [-0.1, -0.05) is 60.0 Å². The Morgan fingerprint density at radius 3 is 1.46 bits per heavy atom. The molecule has 10 nitrogen and oxygen atoms in total. The fourth-order valence-corrected chi connectivity index (χ4v) is 3.93. The lowest BCUT2D eigenvalue weighted by atomic mass is 10.1. The molecule has 0 saturated carbocycles. The molecule has 0 unspecified atom stereocenters. The van der Waals surface area contributed by atoms with Gasteiger partial charge in [0.2, 0.25) is 12.2 Å². The molecule has 41 heavy (non-hydrogen) atoms. The number of hydrogen-bond acceptors (Lipinski definition) is 8. The van der Waals surface area contributed by atoms with Crippen LogP contribution in [0.5, 0.6) is 0 Å². The molecule has 3 N–H and O–H groups in total. The van der Waals surface area contributed by atoms with Crippen LogP contribution in [0.4, 0.5) is 5.69 Å². The molecule has 1 heterocycles. The van der Waals surface area contributed by atoms with Crippen LogP contribution in [0.3, 0.4) is 0 Å². The molecule has 0 spiro atoms. The summed E-state index contributed by atoms with van der Waals surface area (Å²) < 4.78 is 9.64. The number of benzene rings is 3. The van der Waals surface area contributed by atoms with Gasteiger partial charge < -0.3 is 25.1 Å². The van der Waals surface area contributed by atoms with Crippen molar-refractivity contribution in [1.82, 2.24) is 5.01 Å². The van der Waals surface area contributed by atoms with E-state index in [1.54, 1.807) is 38.1 Å². The molecule has 216 valence electrons. The monoisotopic (exact) mass is 562 g/mol. The molecule has 0 amide bonds. The summed E-state index contributed by atoms with van der Waals surface area (Å²) in [5.74, 6) is -5.62. The van der Waals surface area contributed by atoms with E-state index >= 15 is 0 Å². The van der Waals surface area contributed by atoms with E-state index in [0.717, 1.165) is 11.1 Å². The summed E-state index contributed by atoms with van der Waals surface area (Å²) in [7, 11) is 0. The molecule has 4 rings (SSSR count). The van der Waals surface area contributed by atoms with Gasteiger partial charge in [-0.3, -0.25) is 0 Å². The van der Waals surface area contributed by atoms with Gasteiger partial charge >= 0.3 is 23.9 Å². The fraction of sp³-hybridized carbons (Fsp3) is 0.290. The van der Waals surface area contributed by atoms with E-state index in [0.29, 0.717) is 0 Å². The summed E-state index contributed by atoms with van der Waals surface area (Å²) >= 11 is 0. The molecule has 0 radical (unpaired) electrons. The Bertz CT molecular complexity index is 1230. The van der Waals surface area contributed by atoms with Gasteiger partial charge in [0.05, 0.1) is 11.1 Å². The smallest absolute Gasteiger partial charge is 0.349 e. The predicted octanol–water partition coefficient (Wildman–Crippen LogP) is 4.72. The van der Waals surface area contributed by atoms with Crippen LogP contribution in [-0.4, -0.2) is 64.4 Å². The minimum absolute atomic E-state index is 0.0332. The van der Waals surface area contributed by atoms with Crippen molar-refractivity contribution >= 4 is 29.6 Å². The molecule has 1 aliphatic heterocycles. The van der Waals surface area contributed by atoms with Crippen molar-refractivity contribution in [3.8, 4) is 0 Å². The molecule has 0 aliphatic carbocycles. The van der Waals surface area contributed by atoms with Crippen LogP contribution in [-0.2, 0) is 19.1 Å². The van der Waals surface area contributed by atoms with E-state index in [2.05, 4.69) is 34.7 Å². The van der Waals surface area contributed by atoms with Crippen LogP contribution in [0.25, 0.3) is 0 Å². The number of carboxylic acids is 2. The first-order valence-electron chi connectivity index (χ1n) is 13.2. The SMILES string of the molecule is Cc1ccc(C(=O)O[C@@H](C(=O)O)[C@@H](OC(=O)c2ccc(C)cc2)C(=O)O)cc1.c1ccc(NN2CCCCC2)cc1. The molecule has 2 atom stereocenters. The van der Waals surface area contributed by atoms with Crippen molar-refractivity contribution in [2.45, 2.75) is 45.3 Å². The van der Waals surface area contributed by atoms with Crippen LogP contribution in [0.1, 0.15) is 51.1 Å². The number of rotatable bonds is 9. The largest absolute Gasteiger partial charge is 0.478 e. The van der Waals surface area contributed by atoms with E-state index in [-0.39, 0.29) is 11.1 Å². The number of piperidine rings is 1. The van der Waals surface area contributed by atoms with Crippen LogP contribution < -0.4 is 5.43 Å². The van der Waals surface area contributed by atoms with Crippen LogP contribution in [0.2, 0.25) is 0 Å². The zero-order chi connectivity index (χ0) is 29.8. The average Bonchev–Trinajstić information content (AvgIpc) is 2.96. The van der Waals surface area contributed by atoms with Crippen molar-refractivity contribution in [2.75, 3.05) is 18.5 Å². The molecule has 3 aromatic carbocycles. The van der Waals surface area contributed by atoms with Gasteiger partial charge in [-0.25, -0.2) is 24.2 Å². The number of para-hydroxylation sites is 1. The topological polar surface area (TPSA) is 142 Å². The fourth-order valence-electron chi connectivity index (χ4n) is 3.93. The van der Waals surface area contributed by atoms with E-state index in [4.69, 9.17) is 9.47 Å². The molecule has 1 fully saturated rings. The third-order valence-electron chi connectivity index (χ3n) is 6.22. The second-order valence-electron chi connectivity index (χ2n) is 9.59. The lowest BCUT2D eigenvalue weighted by Crippen LogP contribution is -2.45. The maximum absolute atomic E-state index is 12.2. The van der Waals surface area contributed by atoms with Crippen molar-refractivity contribution in [1.29, 1.82) is 0 Å². The lowest BCUT2D eigenvalue weighted by molar-refractivity contribution is -0.166. The standard InChI is InChI=1S/C20H18O8.C11H16N2/c1-11-3-7-13(8-4-11)19(25)27-15(17(21)22)16(18(23)24)28-20(26)14-9-5-12(2)6-10-14;1-3-7-11(8-4-1)12-13-9-5-2-6-10-13/h3-10,15-16H,1-2H3,(H,21,22)(H,23,24);1,3-4,7-8,12H,2,5-6,9-10H2/t15-,16-;/m1./s1. The highest BCUT2D eigenvalue weighted by Crippen LogP contribution is 2.15. The quantitative estimate of drug-likeness (QED) is 0.314. The van der Waals surface area contributed by atoms with Gasteiger partial charge in [-0.2, -0.15) is 0 Å². The molecule has 1 saturated heterocycles. The van der Waals surface area contributed by atoms with Crippen molar-refractivity contribution < 1.29 is 38.9 Å². The number of esters is 2. The number of carbonyl (C=O) groups excluding carboxylic acids is 2. The summed E-state index contributed by atoms with van der Waals surface area (Å²) in [5, 5.41) is 20.9. The van der Waals surface area contributed by atoms with Gasteiger partial charge in [0.15, 0.2) is 0 Å². The van der Waals surface area contributed by atoms with Crippen molar-refractivity contribution in [2.24, 2.45) is 0 Å². The Hall–Kier alpha value is -4.70. The number of carboxylic acid groups (broad SMARTS) is 2. The Kier molecular flexibility index (Phi) is 11.4. The summed E-state index contributed by atoms with van der Waals surface area (Å²) in [4.78, 5) is 47.3. The second-order valence-corrected chi connectivity index (χ2v) is 9.59. The minimum Gasteiger partial charge on any atom is -0.478 e. The van der Waals surface area contributed by atoms with Crippen LogP contribution in [0, 0.1) is 13.8 Å². The Morgan fingerprint density at radius 1 is 0.659 bits per heavy atom. The number of carbonyl (C=O) groups is 4. The normalized spacial score (nSPS) is 14.4. The predicted molar refractivity (Wildman–Crippen MR) is 152 cm³/mol. The third-order valence-corrected chi connectivity index (χ3v) is 6.22. The summed E-state index contributed by atoms with van der Waals surface area (Å²) in [6.07, 6.45) is -0.423. The van der Waals surface area contributed by atoms with Gasteiger partial charge in [0.1, 0.15) is 0 Å². The summed E-state index contributed by atoms with van der Waals surface area (Å²) in [5.41, 5.74) is 6.40. The number of hydrazine groups is 1. The zero-order valence-corrected chi connectivity index (χ0v) is 23.0. The van der Waals surface area contributed by atoms with Crippen LogP contribution in [0.15, 0.2) is 78.9 Å². The van der Waals surface area contributed by atoms with Gasteiger partial charge in [0, 0.05) is 18.8 Å². The van der Waals surface area contributed by atoms with E-state index < -0.39 is 36.1 Å². The van der Waals surface area contributed by atoms with Gasteiger partial charge in [0.25, 0.3) is 0 Å². The van der Waals surface area contributed by atoms with Crippen molar-refractivity contribution in [3.05, 3.63) is 101 Å². The highest BCUT2D eigenvalue weighted by Gasteiger charge is 2.41. The summed E-state index contributed by atoms with van der Waals surface area (Å²) in [6.45, 7) is 5.93. The number of ether oxygens (including phenoxy) is 2. The van der Waals surface area contributed by atoms with Crippen molar-refractivity contribution in [3.63, 3.8) is 0 Å². The molecule has 10 heteroatoms. The molecule has 3 aromatic rings. The Morgan fingerprint density at radius 2 is 1.07 bits per heavy atom.